The van der Waals surface area contributed by atoms with E-state index in [1.165, 1.54) is 11.6 Å². The number of benzene rings is 1. The van der Waals surface area contributed by atoms with Crippen LogP contribution in [0.25, 0.3) is 0 Å². The summed E-state index contributed by atoms with van der Waals surface area (Å²) in [5.41, 5.74) is 4.12. The first-order valence-electron chi connectivity index (χ1n) is 4.97. The summed E-state index contributed by atoms with van der Waals surface area (Å²) in [5, 5.41) is 0. The molecule has 0 spiro atoms. The smallest absolute Gasteiger partial charge is 0.422 e. The van der Waals surface area contributed by atoms with Crippen LogP contribution in [-0.2, 0) is 14.9 Å². The zero-order chi connectivity index (χ0) is 14.6. The van der Waals surface area contributed by atoms with Crippen LogP contribution in [0.1, 0.15) is 6.92 Å². The van der Waals surface area contributed by atoms with Crippen LogP contribution in [0.3, 0.4) is 0 Å². The Kier molecular flexibility index (Phi) is 4.48. The minimum Gasteiger partial charge on any atom is -0.449 e. The van der Waals surface area contributed by atoms with Crippen LogP contribution in [0, 0.1) is 11.6 Å². The van der Waals surface area contributed by atoms with Crippen LogP contribution in [0.15, 0.2) is 12.1 Å². The first-order chi connectivity index (χ1) is 8.75. The number of carbonyl (C=O) groups excluding carboxylic acids is 1. The van der Waals surface area contributed by atoms with E-state index in [4.69, 9.17) is 5.73 Å². The van der Waals surface area contributed by atoms with Gasteiger partial charge in [-0.1, -0.05) is 0 Å². The molecule has 0 fully saturated rings. The maximum absolute atomic E-state index is 13.3. The maximum atomic E-state index is 13.3. The topological polar surface area (TPSA) is 111 Å². The Bertz CT molecular complexity index is 591. The van der Waals surface area contributed by atoms with Crippen LogP contribution >= 0.6 is 0 Å². The number of ether oxygens (including phenoxy) is 1. The van der Waals surface area contributed by atoms with Gasteiger partial charge >= 0.3 is 16.3 Å². The highest BCUT2D eigenvalue weighted by atomic mass is 32.2. The van der Waals surface area contributed by atoms with Gasteiger partial charge in [-0.2, -0.15) is 8.42 Å². The molecule has 0 aromatic heterocycles. The average Bonchev–Trinajstić information content (AvgIpc) is 2.24. The van der Waals surface area contributed by atoms with Crippen LogP contribution in [0.4, 0.5) is 25.0 Å². The van der Waals surface area contributed by atoms with Crippen LogP contribution in [0.2, 0.25) is 0 Å². The molecule has 0 saturated carbocycles. The van der Waals surface area contributed by atoms with Crippen molar-refractivity contribution in [3.8, 4) is 0 Å². The molecule has 19 heavy (non-hydrogen) atoms. The summed E-state index contributed by atoms with van der Waals surface area (Å²) >= 11 is 0. The third-order valence-electron chi connectivity index (χ3n) is 1.82. The lowest BCUT2D eigenvalue weighted by Gasteiger charge is -2.10. The Morgan fingerprint density at radius 2 is 2.00 bits per heavy atom. The molecule has 10 heteroatoms. The van der Waals surface area contributed by atoms with Gasteiger partial charge in [0.05, 0.1) is 18.0 Å². The van der Waals surface area contributed by atoms with Crippen LogP contribution < -0.4 is 15.2 Å². The van der Waals surface area contributed by atoms with Crippen molar-refractivity contribution in [1.82, 2.24) is 4.72 Å². The van der Waals surface area contributed by atoms with Gasteiger partial charge in [0.25, 0.3) is 0 Å². The van der Waals surface area contributed by atoms with Crippen LogP contribution in [0.5, 0.6) is 0 Å². The summed E-state index contributed by atoms with van der Waals surface area (Å²) in [6.07, 6.45) is -1.23. The third-order valence-corrected chi connectivity index (χ3v) is 2.75. The molecule has 1 amide bonds. The van der Waals surface area contributed by atoms with Crippen molar-refractivity contribution in [3.63, 3.8) is 0 Å². The number of rotatable bonds is 4. The fourth-order valence-electron chi connectivity index (χ4n) is 1.08. The SMILES string of the molecule is CCOC(=O)NS(=O)(=O)Nc1cc(N)c(F)cc1F. The molecule has 0 aliphatic rings. The van der Waals surface area contributed by atoms with Crippen molar-refractivity contribution < 1.29 is 26.7 Å². The Balaban J connectivity index is 2.90. The number of carbonyl (C=O) groups is 1. The van der Waals surface area contributed by atoms with Crippen LogP contribution in [-0.4, -0.2) is 21.1 Å². The number of halogens is 2. The van der Waals surface area contributed by atoms with E-state index in [0.717, 1.165) is 6.07 Å². The van der Waals surface area contributed by atoms with E-state index in [0.29, 0.717) is 6.07 Å². The van der Waals surface area contributed by atoms with Gasteiger partial charge in [0.1, 0.15) is 11.6 Å². The number of nitrogens with two attached hydrogens (primary N) is 1. The number of nitrogens with one attached hydrogen (secondary N) is 2. The fourth-order valence-corrected chi connectivity index (χ4v) is 1.86. The summed E-state index contributed by atoms with van der Waals surface area (Å²) < 4.78 is 56.5. The zero-order valence-corrected chi connectivity index (χ0v) is 10.6. The highest BCUT2D eigenvalue weighted by Crippen LogP contribution is 2.21. The summed E-state index contributed by atoms with van der Waals surface area (Å²) in [4.78, 5) is 10.9. The molecule has 106 valence electrons. The number of amides is 1. The monoisotopic (exact) mass is 295 g/mol. The highest BCUT2D eigenvalue weighted by molar-refractivity contribution is 7.91. The lowest BCUT2D eigenvalue weighted by molar-refractivity contribution is 0.159. The molecule has 0 unspecified atom stereocenters. The number of anilines is 2. The molecule has 0 aliphatic heterocycles. The molecular weight excluding hydrogens is 284 g/mol. The van der Waals surface area contributed by atoms with Gasteiger partial charge < -0.3 is 10.5 Å². The standard InChI is InChI=1S/C9H11F2N3O4S/c1-2-18-9(15)14-19(16,17)13-8-4-7(12)5(10)3-6(8)11/h3-4,13H,2,12H2,1H3,(H,14,15). The number of hydrogen-bond donors (Lipinski definition) is 3. The fraction of sp³-hybridized carbons (Fsp3) is 0.222. The molecule has 0 bridgehead atoms. The minimum absolute atomic E-state index is 0.0424. The predicted octanol–water partition coefficient (Wildman–Crippen LogP) is 0.950. The van der Waals surface area contributed by atoms with Crippen molar-refractivity contribution in [3.05, 3.63) is 23.8 Å². The van der Waals surface area contributed by atoms with Gasteiger partial charge in [0.15, 0.2) is 0 Å². The summed E-state index contributed by atoms with van der Waals surface area (Å²) in [6, 6.07) is 1.16. The van der Waals surface area contributed by atoms with Gasteiger partial charge in [-0.25, -0.2) is 18.3 Å². The lowest BCUT2D eigenvalue weighted by atomic mass is 10.2. The van der Waals surface area contributed by atoms with Crippen molar-refractivity contribution in [2.45, 2.75) is 6.92 Å². The molecule has 0 radical (unpaired) electrons. The first kappa shape index (κ1) is 15.0. The van der Waals surface area contributed by atoms with Crippen molar-refractivity contribution in [2.75, 3.05) is 17.1 Å². The van der Waals surface area contributed by atoms with E-state index >= 15 is 0 Å². The van der Waals surface area contributed by atoms with E-state index in [-0.39, 0.29) is 6.61 Å². The maximum Gasteiger partial charge on any atom is 0.422 e. The van der Waals surface area contributed by atoms with Gasteiger partial charge in [-0.05, 0) is 13.0 Å². The molecule has 7 nitrogen and oxygen atoms in total. The molecule has 0 atom stereocenters. The Morgan fingerprint density at radius 3 is 2.58 bits per heavy atom. The molecule has 0 aliphatic carbocycles. The summed E-state index contributed by atoms with van der Waals surface area (Å²) in [7, 11) is -4.40. The van der Waals surface area contributed by atoms with E-state index < -0.39 is 39.3 Å². The lowest BCUT2D eigenvalue weighted by Crippen LogP contribution is -2.36. The first-order valence-corrected chi connectivity index (χ1v) is 6.45. The van der Waals surface area contributed by atoms with Gasteiger partial charge in [0.2, 0.25) is 0 Å². The zero-order valence-electron chi connectivity index (χ0n) is 9.74. The number of nitrogen functional groups attached to an aromatic ring is 1. The van der Waals surface area contributed by atoms with Crippen molar-refractivity contribution in [1.29, 1.82) is 0 Å². The second kappa shape index (κ2) is 5.69. The van der Waals surface area contributed by atoms with E-state index in [9.17, 15) is 22.0 Å². The van der Waals surface area contributed by atoms with Gasteiger partial charge in [-0.15, -0.1) is 0 Å². The predicted molar refractivity (Wildman–Crippen MR) is 63.5 cm³/mol. The molecule has 4 N–H and O–H groups in total. The Morgan fingerprint density at radius 1 is 1.37 bits per heavy atom. The van der Waals surface area contributed by atoms with E-state index in [1.807, 2.05) is 0 Å². The van der Waals surface area contributed by atoms with Crippen molar-refractivity contribution >= 4 is 27.7 Å². The Labute approximate surface area is 107 Å². The van der Waals surface area contributed by atoms with Gasteiger partial charge in [-0.3, -0.25) is 4.72 Å². The minimum atomic E-state index is -4.40. The quantitative estimate of drug-likeness (QED) is 0.716. The molecule has 1 aromatic rings. The number of hydrogen-bond acceptors (Lipinski definition) is 5. The molecular formula is C9H11F2N3O4S. The molecule has 0 saturated heterocycles. The second-order valence-electron chi connectivity index (χ2n) is 3.28. The molecule has 1 rings (SSSR count). The van der Waals surface area contributed by atoms with Gasteiger partial charge in [0, 0.05) is 6.07 Å². The molecule has 0 heterocycles. The average molecular weight is 295 g/mol. The van der Waals surface area contributed by atoms with E-state index in [2.05, 4.69) is 4.74 Å². The largest absolute Gasteiger partial charge is 0.449 e. The van der Waals surface area contributed by atoms with E-state index in [1.54, 1.807) is 4.72 Å². The molecule has 1 aromatic carbocycles. The summed E-state index contributed by atoms with van der Waals surface area (Å²) in [5.74, 6) is -2.21. The normalized spacial score (nSPS) is 10.9. The Hall–Kier alpha value is -2.10. The van der Waals surface area contributed by atoms with Crippen molar-refractivity contribution in [2.24, 2.45) is 0 Å². The third kappa shape index (κ3) is 4.25. The highest BCUT2D eigenvalue weighted by Gasteiger charge is 2.18. The summed E-state index contributed by atoms with van der Waals surface area (Å²) in [6.45, 7) is 1.43. The second-order valence-corrected chi connectivity index (χ2v) is 4.70.